The maximum absolute atomic E-state index is 5.31. The second-order valence-corrected chi connectivity index (χ2v) is 12.7. The molecule has 3 heterocycles. The van der Waals surface area contributed by atoms with Crippen LogP contribution in [0.3, 0.4) is 0 Å². The molecule has 10 aromatic rings. The van der Waals surface area contributed by atoms with Gasteiger partial charge in [0.25, 0.3) is 0 Å². The van der Waals surface area contributed by atoms with Gasteiger partial charge in [0.2, 0.25) is 0 Å². The lowest BCUT2D eigenvalue weighted by Crippen LogP contribution is -1.93. The smallest absolute Gasteiger partial charge is 0.137 e. The molecule has 228 valence electrons. The fourth-order valence-corrected chi connectivity index (χ4v) is 7.36. The Morgan fingerprint density at radius 2 is 1.06 bits per heavy atom. The summed E-state index contributed by atoms with van der Waals surface area (Å²) in [5.41, 5.74) is 10.8. The first-order valence-corrected chi connectivity index (χ1v) is 16.7. The van der Waals surface area contributed by atoms with E-state index in [0.717, 1.165) is 50.2 Å². The van der Waals surface area contributed by atoms with Gasteiger partial charge in [-0.15, -0.1) is 0 Å². The molecule has 0 aliphatic rings. The summed E-state index contributed by atoms with van der Waals surface area (Å²) in [7, 11) is 0. The van der Waals surface area contributed by atoms with E-state index in [2.05, 4.69) is 162 Å². The Bertz CT molecular complexity index is 2870. The van der Waals surface area contributed by atoms with Crippen LogP contribution < -0.4 is 0 Å². The highest BCUT2D eigenvalue weighted by Crippen LogP contribution is 2.42. The van der Waals surface area contributed by atoms with E-state index in [1.165, 1.54) is 43.4 Å². The van der Waals surface area contributed by atoms with Crippen LogP contribution in [-0.4, -0.2) is 14.4 Å². The number of nitrogens with zero attached hydrogens (tertiary/aromatic N) is 3. The summed E-state index contributed by atoms with van der Waals surface area (Å²) in [5, 5.41) is 8.48. The van der Waals surface area contributed by atoms with Crippen LogP contribution in [0.2, 0.25) is 0 Å². The Morgan fingerprint density at radius 1 is 0.388 bits per heavy atom. The van der Waals surface area contributed by atoms with Gasteiger partial charge in [-0.2, -0.15) is 0 Å². The third-order valence-corrected chi connectivity index (χ3v) is 9.78. The largest absolute Gasteiger partial charge is 0.306 e. The number of hydrogen-bond donors (Lipinski definition) is 0. The molecule has 0 atom stereocenters. The van der Waals surface area contributed by atoms with E-state index >= 15 is 0 Å². The minimum absolute atomic E-state index is 0.935. The van der Waals surface area contributed by atoms with Crippen LogP contribution in [0, 0.1) is 0 Å². The van der Waals surface area contributed by atoms with Crippen molar-refractivity contribution in [3.63, 3.8) is 0 Å². The van der Waals surface area contributed by atoms with Crippen LogP contribution in [0.1, 0.15) is 0 Å². The summed E-state index contributed by atoms with van der Waals surface area (Å²) in [6, 6.07) is 58.5. The van der Waals surface area contributed by atoms with Crippen LogP contribution in [0.5, 0.6) is 0 Å². The number of imidazole rings is 1. The predicted molar refractivity (Wildman–Crippen MR) is 205 cm³/mol. The average molecular weight is 624 g/mol. The van der Waals surface area contributed by atoms with E-state index in [0.29, 0.717) is 0 Å². The first kappa shape index (κ1) is 27.5. The Hall–Kier alpha value is -6.58. The van der Waals surface area contributed by atoms with E-state index in [1.807, 2.05) is 18.2 Å². The molecule has 3 heteroatoms. The summed E-state index contributed by atoms with van der Waals surface area (Å²) in [4.78, 5) is 10.2. The van der Waals surface area contributed by atoms with Gasteiger partial charge in [-0.05, 0) is 74.1 Å². The lowest BCUT2D eigenvalue weighted by molar-refractivity contribution is 1.19. The molecule has 0 unspecified atom stereocenters. The third-order valence-electron chi connectivity index (χ3n) is 9.78. The zero-order valence-electron chi connectivity index (χ0n) is 26.6. The molecule has 0 radical (unpaired) electrons. The van der Waals surface area contributed by atoms with Gasteiger partial charge in [0.1, 0.15) is 5.65 Å². The van der Waals surface area contributed by atoms with Gasteiger partial charge in [-0.3, -0.25) is 0 Å². The number of benzene rings is 7. The molecule has 3 aromatic heterocycles. The van der Waals surface area contributed by atoms with Crippen LogP contribution in [-0.2, 0) is 0 Å². The first-order chi connectivity index (χ1) is 24.3. The lowest BCUT2D eigenvalue weighted by Gasteiger charge is -2.16. The highest BCUT2D eigenvalue weighted by molar-refractivity contribution is 6.25. The topological polar surface area (TPSA) is 30.2 Å². The number of para-hydroxylation sites is 1. The third kappa shape index (κ3) is 4.59. The molecular weight excluding hydrogens is 595 g/mol. The van der Waals surface area contributed by atoms with Gasteiger partial charge in [0.15, 0.2) is 0 Å². The molecule has 10 rings (SSSR count). The van der Waals surface area contributed by atoms with E-state index in [4.69, 9.17) is 9.97 Å². The predicted octanol–water partition coefficient (Wildman–Crippen LogP) is 12.0. The van der Waals surface area contributed by atoms with Crippen molar-refractivity contribution in [1.82, 2.24) is 14.4 Å². The maximum Gasteiger partial charge on any atom is 0.137 e. The fraction of sp³-hybridized carbons (Fsp3) is 0. The zero-order chi connectivity index (χ0) is 32.3. The zero-order valence-corrected chi connectivity index (χ0v) is 26.6. The van der Waals surface area contributed by atoms with Crippen LogP contribution in [0.15, 0.2) is 176 Å². The molecule has 49 heavy (non-hydrogen) atoms. The van der Waals surface area contributed by atoms with Crippen LogP contribution >= 0.6 is 0 Å². The molecule has 0 saturated carbocycles. The van der Waals surface area contributed by atoms with Gasteiger partial charge in [-0.25, -0.2) is 9.97 Å². The average Bonchev–Trinajstić information content (AvgIpc) is 3.61. The summed E-state index contributed by atoms with van der Waals surface area (Å²) >= 11 is 0. The van der Waals surface area contributed by atoms with E-state index in [-0.39, 0.29) is 0 Å². The molecule has 3 nitrogen and oxygen atoms in total. The standard InChI is InChI=1S/C46H29N3/c1-2-11-33(12-3-1)43-29-49-28-36(24-25-44(49)47-43)31-18-21-32(22-19-31)40-27-41-45(38-15-7-6-14-37(38)40)39-16-8-9-17-42(39)48-46(41)35-23-20-30-10-4-5-13-34(30)26-35/h1-29H. The molecule has 0 aliphatic carbocycles. The van der Waals surface area contributed by atoms with Crippen molar-refractivity contribution in [2.45, 2.75) is 0 Å². The van der Waals surface area contributed by atoms with Crippen molar-refractivity contribution in [3.8, 4) is 44.8 Å². The molecule has 0 bridgehead atoms. The second kappa shape index (κ2) is 11.0. The molecule has 7 aromatic carbocycles. The highest BCUT2D eigenvalue weighted by atomic mass is 15.0. The Labute approximate surface area is 283 Å². The molecule has 0 amide bonds. The Morgan fingerprint density at radius 3 is 1.92 bits per heavy atom. The van der Waals surface area contributed by atoms with Crippen molar-refractivity contribution >= 4 is 48.9 Å². The molecule has 0 aliphatic heterocycles. The maximum atomic E-state index is 5.31. The normalized spacial score (nSPS) is 11.7. The Balaban J connectivity index is 1.14. The minimum Gasteiger partial charge on any atom is -0.306 e. The lowest BCUT2D eigenvalue weighted by atomic mass is 9.89. The van der Waals surface area contributed by atoms with E-state index < -0.39 is 0 Å². The van der Waals surface area contributed by atoms with Crippen molar-refractivity contribution in [2.75, 3.05) is 0 Å². The van der Waals surface area contributed by atoms with Gasteiger partial charge < -0.3 is 4.40 Å². The molecule has 0 saturated heterocycles. The SMILES string of the molecule is c1ccc(-c2cn3cc(-c4ccc(-c5cc6c(-c7ccc8ccccc8c7)nc7ccccc7c6c6ccccc56)cc4)ccc3n2)cc1. The molecule has 0 N–H and O–H groups in total. The highest BCUT2D eigenvalue weighted by Gasteiger charge is 2.17. The van der Waals surface area contributed by atoms with Crippen molar-refractivity contribution < 1.29 is 0 Å². The van der Waals surface area contributed by atoms with Gasteiger partial charge in [-0.1, -0.05) is 133 Å². The molecule has 0 spiro atoms. The van der Waals surface area contributed by atoms with Crippen LogP contribution in [0.4, 0.5) is 0 Å². The summed E-state index contributed by atoms with van der Waals surface area (Å²) < 4.78 is 2.12. The number of hydrogen-bond acceptors (Lipinski definition) is 2. The minimum atomic E-state index is 0.935. The fourth-order valence-electron chi connectivity index (χ4n) is 7.36. The van der Waals surface area contributed by atoms with Gasteiger partial charge in [0, 0.05) is 39.7 Å². The first-order valence-electron chi connectivity index (χ1n) is 16.7. The van der Waals surface area contributed by atoms with E-state index in [9.17, 15) is 0 Å². The second-order valence-electron chi connectivity index (χ2n) is 12.7. The quantitative estimate of drug-likeness (QED) is 0.183. The number of fused-ring (bicyclic) bond motifs is 7. The van der Waals surface area contributed by atoms with Gasteiger partial charge >= 0.3 is 0 Å². The number of pyridine rings is 2. The Kier molecular flexibility index (Phi) is 6.18. The van der Waals surface area contributed by atoms with Crippen molar-refractivity contribution in [2.24, 2.45) is 0 Å². The number of aromatic nitrogens is 3. The van der Waals surface area contributed by atoms with E-state index in [1.54, 1.807) is 0 Å². The van der Waals surface area contributed by atoms with Gasteiger partial charge in [0.05, 0.1) is 16.9 Å². The summed E-state index contributed by atoms with van der Waals surface area (Å²) in [5.74, 6) is 0. The van der Waals surface area contributed by atoms with Crippen LogP contribution in [0.25, 0.3) is 93.6 Å². The van der Waals surface area contributed by atoms with Crippen molar-refractivity contribution in [3.05, 3.63) is 176 Å². The van der Waals surface area contributed by atoms with Crippen molar-refractivity contribution in [1.29, 1.82) is 0 Å². The molecule has 0 fully saturated rings. The molecular formula is C46H29N3. The summed E-state index contributed by atoms with van der Waals surface area (Å²) in [6.07, 6.45) is 4.27. The number of rotatable bonds is 4. The summed E-state index contributed by atoms with van der Waals surface area (Å²) in [6.45, 7) is 0. The monoisotopic (exact) mass is 623 g/mol.